The second-order valence-electron chi connectivity index (χ2n) is 1.39. The molecular formula is C5H10O5. The molecule has 0 bridgehead atoms. The van der Waals surface area contributed by atoms with Gasteiger partial charge in [-0.05, 0) is 0 Å². The molecule has 0 aliphatic heterocycles. The smallest absolute Gasteiger partial charge is 0.305 e. The predicted octanol–water partition coefficient (Wildman–Crippen LogP) is -0.456. The Morgan fingerprint density at radius 1 is 1.30 bits per heavy atom. The number of hydrogen-bond acceptors (Lipinski definition) is 3. The highest BCUT2D eigenvalue weighted by Crippen LogP contribution is 1.70. The van der Waals surface area contributed by atoms with Gasteiger partial charge in [-0.15, -0.1) is 0 Å². The van der Waals surface area contributed by atoms with Crippen LogP contribution in [0.25, 0.3) is 0 Å². The number of carbonyl (C=O) groups is 2. The molecule has 0 aliphatic carbocycles. The minimum Gasteiger partial charge on any atom is -0.481 e. The molecule has 0 aromatic heterocycles. The lowest BCUT2D eigenvalue weighted by Crippen LogP contribution is -1.96. The third kappa shape index (κ3) is 66.5. The van der Waals surface area contributed by atoms with Crippen molar-refractivity contribution in [3.8, 4) is 0 Å². The number of aliphatic hydroxyl groups excluding tert-OH is 1. The van der Waals surface area contributed by atoms with E-state index < -0.39 is 11.9 Å². The fourth-order valence-electron chi connectivity index (χ4n) is 0.0956. The van der Waals surface area contributed by atoms with Crippen LogP contribution in [0.2, 0.25) is 0 Å². The molecule has 0 rings (SSSR count). The van der Waals surface area contributed by atoms with E-state index in [1.165, 1.54) is 0 Å². The Morgan fingerprint density at radius 2 is 1.60 bits per heavy atom. The Kier molecular flexibility index (Phi) is 9.22. The fraction of sp³-hybridized carbons (Fsp3) is 0.600. The molecule has 0 aliphatic rings. The Morgan fingerprint density at radius 3 is 1.60 bits per heavy atom. The summed E-state index contributed by atoms with van der Waals surface area (Å²) in [6.45, 7) is 0.815. The number of aliphatic hydroxyl groups is 1. The molecule has 3 N–H and O–H groups in total. The van der Waals surface area contributed by atoms with E-state index in [9.17, 15) is 4.79 Å². The number of carboxylic acids is 2. The van der Waals surface area contributed by atoms with Gasteiger partial charge in [0.25, 0.3) is 5.97 Å². The van der Waals surface area contributed by atoms with Gasteiger partial charge in [0.15, 0.2) is 0 Å². The van der Waals surface area contributed by atoms with Crippen LogP contribution in [-0.2, 0) is 9.59 Å². The summed E-state index contributed by atoms with van der Waals surface area (Å²) < 4.78 is 0. The maximum absolute atomic E-state index is 9.44. The number of aliphatic carboxylic acids is 2. The lowest BCUT2D eigenvalue weighted by molar-refractivity contribution is -0.138. The zero-order chi connectivity index (χ0) is 8.57. The summed E-state index contributed by atoms with van der Waals surface area (Å²) in [7, 11) is 0. The third-order valence-electron chi connectivity index (χ3n) is 0.326. The first-order valence-corrected chi connectivity index (χ1v) is 2.53. The monoisotopic (exact) mass is 150 g/mol. The van der Waals surface area contributed by atoms with Gasteiger partial charge in [0.05, 0.1) is 13.0 Å². The van der Waals surface area contributed by atoms with Gasteiger partial charge in [-0.25, -0.2) is 0 Å². The minimum atomic E-state index is -0.961. The minimum absolute atomic E-state index is 0.153. The molecule has 0 aromatic rings. The Balaban J connectivity index is 0. The molecule has 0 amide bonds. The van der Waals surface area contributed by atoms with Crippen molar-refractivity contribution in [2.24, 2.45) is 0 Å². The fourth-order valence-corrected chi connectivity index (χ4v) is 0.0956. The lowest BCUT2D eigenvalue weighted by atomic mass is 10.5. The third-order valence-corrected chi connectivity index (χ3v) is 0.326. The zero-order valence-electron chi connectivity index (χ0n) is 5.57. The summed E-state index contributed by atoms with van der Waals surface area (Å²) in [5, 5.41) is 23.0. The molecule has 10 heavy (non-hydrogen) atoms. The molecule has 0 radical (unpaired) electrons. The van der Waals surface area contributed by atoms with Crippen molar-refractivity contribution in [2.45, 2.75) is 13.3 Å². The molecule has 0 aromatic carbocycles. The Labute approximate surface area is 57.9 Å². The van der Waals surface area contributed by atoms with Gasteiger partial charge < -0.3 is 15.3 Å². The summed E-state index contributed by atoms with van der Waals surface area (Å²) in [4.78, 5) is 18.4. The van der Waals surface area contributed by atoms with Crippen molar-refractivity contribution < 1.29 is 24.9 Å². The molecule has 0 spiro atoms. The topological polar surface area (TPSA) is 94.8 Å². The molecule has 0 fully saturated rings. The summed E-state index contributed by atoms with van der Waals surface area (Å²) in [6, 6.07) is 0. The summed E-state index contributed by atoms with van der Waals surface area (Å²) in [5.41, 5.74) is 0. The zero-order valence-corrected chi connectivity index (χ0v) is 5.57. The van der Waals surface area contributed by atoms with Gasteiger partial charge in [0.1, 0.15) is 0 Å². The normalized spacial score (nSPS) is 7.40. The van der Waals surface area contributed by atoms with Crippen molar-refractivity contribution in [3.05, 3.63) is 0 Å². The van der Waals surface area contributed by atoms with Crippen LogP contribution in [0.4, 0.5) is 0 Å². The molecular weight excluding hydrogens is 140 g/mol. The van der Waals surface area contributed by atoms with Crippen molar-refractivity contribution in [2.75, 3.05) is 6.61 Å². The van der Waals surface area contributed by atoms with Crippen molar-refractivity contribution in [3.63, 3.8) is 0 Å². The first-order chi connectivity index (χ1) is 4.50. The maximum Gasteiger partial charge on any atom is 0.305 e. The average Bonchev–Trinajstić information content (AvgIpc) is 1.62. The van der Waals surface area contributed by atoms with E-state index in [1.807, 2.05) is 0 Å². The van der Waals surface area contributed by atoms with E-state index in [4.69, 9.17) is 20.1 Å². The molecule has 0 unspecified atom stereocenters. The molecule has 0 atom stereocenters. The SMILES string of the molecule is CC(=O)O.O=C(O)CCO. The van der Waals surface area contributed by atoms with E-state index >= 15 is 0 Å². The number of hydrogen-bond donors (Lipinski definition) is 3. The maximum atomic E-state index is 9.44. The molecule has 0 saturated carbocycles. The van der Waals surface area contributed by atoms with Gasteiger partial charge >= 0.3 is 5.97 Å². The Bertz CT molecular complexity index is 105. The van der Waals surface area contributed by atoms with E-state index in [0.29, 0.717) is 0 Å². The van der Waals surface area contributed by atoms with Crippen LogP contribution in [0.5, 0.6) is 0 Å². The highest BCUT2D eigenvalue weighted by molar-refractivity contribution is 5.66. The average molecular weight is 150 g/mol. The number of rotatable bonds is 2. The molecule has 0 saturated heterocycles. The van der Waals surface area contributed by atoms with Crippen molar-refractivity contribution in [1.29, 1.82) is 0 Å². The standard InChI is InChI=1S/C3H6O3.C2H4O2/c4-2-1-3(5)6;1-2(3)4/h4H,1-2H2,(H,5,6);1H3,(H,3,4). The molecule has 5 heteroatoms. The van der Waals surface area contributed by atoms with Gasteiger partial charge in [-0.3, -0.25) is 9.59 Å². The quantitative estimate of drug-likeness (QED) is 0.495. The van der Waals surface area contributed by atoms with Crippen LogP contribution in [0.15, 0.2) is 0 Å². The van der Waals surface area contributed by atoms with E-state index in [1.54, 1.807) is 0 Å². The van der Waals surface area contributed by atoms with Crippen LogP contribution in [0, 0.1) is 0 Å². The van der Waals surface area contributed by atoms with E-state index in [2.05, 4.69) is 0 Å². The largest absolute Gasteiger partial charge is 0.481 e. The summed E-state index contributed by atoms with van der Waals surface area (Å²) in [5.74, 6) is -1.79. The van der Waals surface area contributed by atoms with Gasteiger partial charge in [-0.2, -0.15) is 0 Å². The van der Waals surface area contributed by atoms with Crippen LogP contribution in [0.1, 0.15) is 13.3 Å². The van der Waals surface area contributed by atoms with E-state index in [-0.39, 0.29) is 13.0 Å². The lowest BCUT2D eigenvalue weighted by Gasteiger charge is -1.79. The number of carboxylic acid groups (broad SMARTS) is 2. The molecule has 0 heterocycles. The second-order valence-corrected chi connectivity index (χ2v) is 1.39. The summed E-state index contributed by atoms with van der Waals surface area (Å²) in [6.07, 6.45) is -0.153. The predicted molar refractivity (Wildman–Crippen MR) is 32.6 cm³/mol. The highest BCUT2D eigenvalue weighted by Gasteiger charge is 1.88. The van der Waals surface area contributed by atoms with Crippen LogP contribution in [-0.4, -0.2) is 33.9 Å². The van der Waals surface area contributed by atoms with Crippen molar-refractivity contribution in [1.82, 2.24) is 0 Å². The van der Waals surface area contributed by atoms with Crippen LogP contribution in [0.3, 0.4) is 0 Å². The van der Waals surface area contributed by atoms with E-state index in [0.717, 1.165) is 6.92 Å². The van der Waals surface area contributed by atoms with Crippen LogP contribution < -0.4 is 0 Å². The van der Waals surface area contributed by atoms with Crippen LogP contribution >= 0.6 is 0 Å². The molecule has 60 valence electrons. The molecule has 5 nitrogen and oxygen atoms in total. The Hall–Kier alpha value is -1.10. The summed E-state index contributed by atoms with van der Waals surface area (Å²) >= 11 is 0. The first-order valence-electron chi connectivity index (χ1n) is 2.53. The first kappa shape index (κ1) is 11.7. The second kappa shape index (κ2) is 7.90. The van der Waals surface area contributed by atoms with Gasteiger partial charge in [-0.1, -0.05) is 0 Å². The highest BCUT2D eigenvalue weighted by atomic mass is 16.4. The van der Waals surface area contributed by atoms with Crippen molar-refractivity contribution >= 4 is 11.9 Å². The van der Waals surface area contributed by atoms with Gasteiger partial charge in [0, 0.05) is 6.92 Å². The van der Waals surface area contributed by atoms with Gasteiger partial charge in [0.2, 0.25) is 0 Å².